The molecule has 0 aromatic carbocycles. The van der Waals surface area contributed by atoms with Crippen LogP contribution in [0.3, 0.4) is 0 Å². The number of rotatable bonds is 66. The van der Waals surface area contributed by atoms with Crippen LogP contribution >= 0.6 is 15.6 Å². The van der Waals surface area contributed by atoms with Gasteiger partial charge >= 0.3 is 39.5 Å². The Kier molecular flexibility index (Phi) is 64.9. The molecule has 0 saturated carbocycles. The molecule has 0 saturated heterocycles. The lowest BCUT2D eigenvalue weighted by Crippen LogP contribution is -2.30. The van der Waals surface area contributed by atoms with E-state index in [0.717, 1.165) is 167 Å². The smallest absolute Gasteiger partial charge is 0.462 e. The van der Waals surface area contributed by atoms with Crippen molar-refractivity contribution in [3.8, 4) is 0 Å². The quantitative estimate of drug-likeness (QED) is 0.0169. The molecule has 96 heavy (non-hydrogen) atoms. The van der Waals surface area contributed by atoms with Gasteiger partial charge in [0, 0.05) is 19.3 Å². The summed E-state index contributed by atoms with van der Waals surface area (Å²) >= 11 is 0. The van der Waals surface area contributed by atoms with Gasteiger partial charge in [0.2, 0.25) is 0 Å². The van der Waals surface area contributed by atoms with Crippen LogP contribution in [-0.4, -0.2) is 96.7 Å². The van der Waals surface area contributed by atoms with Gasteiger partial charge in [-0.05, 0) is 135 Å². The van der Waals surface area contributed by atoms with Crippen molar-refractivity contribution in [3.63, 3.8) is 0 Å². The molecule has 0 heterocycles. The molecule has 0 bridgehead atoms. The SMILES string of the molecule is CC/C=C\C/C=C\C/C=C\C/C=C\C/C=C\CC(=O)OCC(COP(=O)(O)OCC(O)COP(=O)(O)OCC(COC(=O)CCCCCCC/C=C\C/C=C\C/C=C\CC)OC(=O)CCCCCCC/C=C\CCCC)OC(=O)CCCCCCC/C=C\C/C=C\C/C=C\CC. The van der Waals surface area contributed by atoms with Crippen LogP contribution in [0.1, 0.15) is 259 Å². The largest absolute Gasteiger partial charge is 0.472 e. The Balaban J connectivity index is 5.44. The van der Waals surface area contributed by atoms with Gasteiger partial charge in [-0.25, -0.2) is 9.13 Å². The van der Waals surface area contributed by atoms with E-state index >= 15 is 0 Å². The van der Waals surface area contributed by atoms with E-state index in [9.17, 15) is 43.2 Å². The molecule has 5 unspecified atom stereocenters. The number of carbonyl (C=O) groups is 4. The highest BCUT2D eigenvalue weighted by atomic mass is 31.2. The number of allylic oxidation sites excluding steroid dienone is 23. The highest BCUT2D eigenvalue weighted by molar-refractivity contribution is 7.47. The first-order chi connectivity index (χ1) is 46.7. The van der Waals surface area contributed by atoms with Crippen LogP contribution in [0.2, 0.25) is 0 Å². The molecule has 0 aromatic heterocycles. The standard InChI is InChI=1S/C77H126O17P2/c1-5-9-13-17-21-25-29-32-35-38-42-45-49-53-57-61-74(79)87-67-72(93-76(81)63-59-55-51-47-41-28-24-20-16-12-8-4)69-91-95(83,84)89-65-71(78)66-90-96(85,86)92-70-73(94-77(82)64-60-56-52-48-44-40-37-34-31-27-23-19-15-11-7-3)68-88-75(80)62-58-54-50-46-43-39-36-33-30-26-22-18-14-10-6-2/h9-11,13-15,20-27,32-37,43,46,54,58,71-73,78H,5-8,12,16-19,28-31,38-42,44-45,47-53,55-57,59-70H2,1-4H3,(H,83,84)(H,85,86)/b13-9-,14-10-,15-11-,24-20-,25-21-,26-22-,27-23-,35-32-,36-33-,37-34-,46-43-,58-54-. The number of carbonyl (C=O) groups excluding carboxylic acids is 4. The van der Waals surface area contributed by atoms with Gasteiger partial charge in [-0.3, -0.25) is 37.3 Å². The van der Waals surface area contributed by atoms with E-state index in [0.29, 0.717) is 25.7 Å². The summed E-state index contributed by atoms with van der Waals surface area (Å²) < 4.78 is 68.1. The van der Waals surface area contributed by atoms with Gasteiger partial charge in [-0.1, -0.05) is 244 Å². The number of ether oxygens (including phenoxy) is 4. The van der Waals surface area contributed by atoms with Crippen LogP contribution in [-0.2, 0) is 65.4 Å². The van der Waals surface area contributed by atoms with Crippen molar-refractivity contribution in [1.82, 2.24) is 0 Å². The van der Waals surface area contributed by atoms with Gasteiger partial charge < -0.3 is 33.8 Å². The van der Waals surface area contributed by atoms with Crippen LogP contribution in [0.4, 0.5) is 0 Å². The van der Waals surface area contributed by atoms with Crippen molar-refractivity contribution < 1.29 is 80.2 Å². The molecule has 0 aliphatic heterocycles. The van der Waals surface area contributed by atoms with Gasteiger partial charge in [-0.15, -0.1) is 0 Å². The maximum atomic E-state index is 13.0. The summed E-state index contributed by atoms with van der Waals surface area (Å²) in [6.07, 6.45) is 76.0. The molecule has 19 heteroatoms. The Morgan fingerprint density at radius 1 is 0.312 bits per heavy atom. The second-order valence-electron chi connectivity index (χ2n) is 23.4. The number of esters is 4. The van der Waals surface area contributed by atoms with Gasteiger partial charge in [0.25, 0.3) is 0 Å². The lowest BCUT2D eigenvalue weighted by Gasteiger charge is -2.21. The van der Waals surface area contributed by atoms with Crippen LogP contribution in [0.5, 0.6) is 0 Å². The van der Waals surface area contributed by atoms with E-state index in [-0.39, 0.29) is 25.7 Å². The number of phosphoric ester groups is 2. The summed E-state index contributed by atoms with van der Waals surface area (Å²) in [6, 6.07) is 0. The fourth-order valence-corrected chi connectivity index (χ4v) is 10.5. The third kappa shape index (κ3) is 67.5. The molecular weight excluding hydrogens is 1260 g/mol. The normalized spacial score (nSPS) is 14.9. The van der Waals surface area contributed by atoms with Crippen LogP contribution in [0.15, 0.2) is 146 Å². The zero-order valence-corrected chi connectivity index (χ0v) is 61.0. The molecule has 546 valence electrons. The molecule has 17 nitrogen and oxygen atoms in total. The summed E-state index contributed by atoms with van der Waals surface area (Å²) in [5.41, 5.74) is 0. The number of aliphatic hydroxyl groups is 1. The summed E-state index contributed by atoms with van der Waals surface area (Å²) in [7, 11) is -9.99. The van der Waals surface area contributed by atoms with Crippen molar-refractivity contribution in [2.75, 3.05) is 39.6 Å². The highest BCUT2D eigenvalue weighted by Crippen LogP contribution is 2.45. The molecule has 0 fully saturated rings. The third-order valence-corrected chi connectivity index (χ3v) is 16.2. The number of hydrogen-bond donors (Lipinski definition) is 3. The number of aliphatic hydroxyl groups excluding tert-OH is 1. The Morgan fingerprint density at radius 3 is 0.938 bits per heavy atom. The average molecular weight is 1390 g/mol. The maximum Gasteiger partial charge on any atom is 0.472 e. The molecule has 0 aliphatic rings. The Bertz CT molecular complexity index is 2400. The summed E-state index contributed by atoms with van der Waals surface area (Å²) in [5.74, 6) is -2.38. The molecule has 0 spiro atoms. The molecule has 5 atom stereocenters. The van der Waals surface area contributed by atoms with Crippen LogP contribution in [0.25, 0.3) is 0 Å². The minimum atomic E-state index is -5.00. The average Bonchev–Trinajstić information content (AvgIpc) is 1.09. The predicted octanol–water partition coefficient (Wildman–Crippen LogP) is 20.3. The van der Waals surface area contributed by atoms with E-state index in [1.54, 1.807) is 6.08 Å². The molecule has 0 radical (unpaired) electrons. The molecule has 0 aliphatic carbocycles. The van der Waals surface area contributed by atoms with E-state index < -0.39 is 97.5 Å². The third-order valence-electron chi connectivity index (χ3n) is 14.3. The first kappa shape index (κ1) is 90.9. The Labute approximate surface area is 579 Å². The summed E-state index contributed by atoms with van der Waals surface area (Å²) in [6.45, 7) is 4.29. The highest BCUT2D eigenvalue weighted by Gasteiger charge is 2.30. The van der Waals surface area contributed by atoms with Crippen molar-refractivity contribution in [2.24, 2.45) is 0 Å². The van der Waals surface area contributed by atoms with Crippen LogP contribution < -0.4 is 0 Å². The van der Waals surface area contributed by atoms with Crippen molar-refractivity contribution >= 4 is 39.5 Å². The zero-order chi connectivity index (χ0) is 70.4. The Morgan fingerprint density at radius 2 is 0.583 bits per heavy atom. The van der Waals surface area contributed by atoms with Crippen LogP contribution in [0, 0.1) is 0 Å². The minimum absolute atomic E-state index is 0.0512. The summed E-state index contributed by atoms with van der Waals surface area (Å²) in [4.78, 5) is 72.6. The van der Waals surface area contributed by atoms with Crippen molar-refractivity contribution in [3.05, 3.63) is 146 Å². The summed E-state index contributed by atoms with van der Waals surface area (Å²) in [5, 5.41) is 10.6. The molecule has 0 aromatic rings. The fraction of sp³-hybridized carbons (Fsp3) is 0.636. The van der Waals surface area contributed by atoms with E-state index in [4.69, 9.17) is 37.0 Å². The second-order valence-corrected chi connectivity index (χ2v) is 26.3. The second kappa shape index (κ2) is 68.5. The molecule has 0 rings (SSSR count). The Hall–Kier alpha value is -5.06. The number of unbranched alkanes of at least 4 members (excludes halogenated alkanes) is 17. The van der Waals surface area contributed by atoms with E-state index in [2.05, 4.69) is 149 Å². The first-order valence-corrected chi connectivity index (χ1v) is 39.1. The lowest BCUT2D eigenvalue weighted by atomic mass is 10.1. The van der Waals surface area contributed by atoms with Gasteiger partial charge in [-0.2, -0.15) is 0 Å². The lowest BCUT2D eigenvalue weighted by molar-refractivity contribution is -0.161. The monoisotopic (exact) mass is 1380 g/mol. The zero-order valence-electron chi connectivity index (χ0n) is 59.2. The minimum Gasteiger partial charge on any atom is -0.462 e. The molecule has 0 amide bonds. The van der Waals surface area contributed by atoms with Gasteiger partial charge in [0.05, 0.1) is 32.8 Å². The van der Waals surface area contributed by atoms with Crippen molar-refractivity contribution in [2.45, 2.75) is 277 Å². The molecular formula is C77H126O17P2. The van der Waals surface area contributed by atoms with Crippen molar-refractivity contribution in [1.29, 1.82) is 0 Å². The van der Waals surface area contributed by atoms with E-state index in [1.807, 2.05) is 18.2 Å². The number of phosphoric acid groups is 2. The maximum absolute atomic E-state index is 13.0. The predicted molar refractivity (Wildman–Crippen MR) is 390 cm³/mol. The number of hydrogen-bond acceptors (Lipinski definition) is 15. The fourth-order valence-electron chi connectivity index (χ4n) is 8.89. The van der Waals surface area contributed by atoms with Gasteiger partial charge in [0.15, 0.2) is 12.2 Å². The topological polar surface area (TPSA) is 237 Å². The van der Waals surface area contributed by atoms with E-state index in [1.165, 1.54) is 12.8 Å². The van der Waals surface area contributed by atoms with Gasteiger partial charge in [0.1, 0.15) is 19.3 Å². The molecule has 3 N–H and O–H groups in total. The first-order valence-electron chi connectivity index (χ1n) is 36.1.